The molecule has 8 heteroatoms. The summed E-state index contributed by atoms with van der Waals surface area (Å²) in [6.07, 6.45) is 2.73. The molecule has 1 aromatic carbocycles. The van der Waals surface area contributed by atoms with Crippen LogP contribution in [0.25, 0.3) is 0 Å². The minimum Gasteiger partial charge on any atom is -0.331 e. The van der Waals surface area contributed by atoms with Gasteiger partial charge in [-0.25, -0.2) is 4.79 Å². The summed E-state index contributed by atoms with van der Waals surface area (Å²) >= 11 is 14.3. The number of carbonyl (C=O) groups is 2. The number of nitrogens with one attached hydrogen (secondary N) is 1. The van der Waals surface area contributed by atoms with Crippen LogP contribution < -0.4 is 5.32 Å². The molecule has 1 saturated heterocycles. The fourth-order valence-corrected chi connectivity index (χ4v) is 4.74. The zero-order valence-electron chi connectivity index (χ0n) is 17.7. The highest BCUT2D eigenvalue weighted by Gasteiger charge is 2.25. The van der Waals surface area contributed by atoms with E-state index in [0.29, 0.717) is 20.5 Å². The quantitative estimate of drug-likeness (QED) is 0.494. The monoisotopic (exact) mass is 477 g/mol. The average Bonchev–Trinajstić information content (AvgIpc) is 3.22. The Morgan fingerprint density at radius 3 is 2.58 bits per heavy atom. The van der Waals surface area contributed by atoms with Gasteiger partial charge in [0.05, 0.1) is 25.8 Å². The molecule has 31 heavy (non-hydrogen) atoms. The third kappa shape index (κ3) is 5.81. The van der Waals surface area contributed by atoms with Crippen LogP contribution in [0.1, 0.15) is 51.5 Å². The summed E-state index contributed by atoms with van der Waals surface area (Å²) in [5.41, 5.74) is 1.33. The number of piperidine rings is 1. The maximum Gasteiger partial charge on any atom is 0.317 e. The number of thiophene rings is 1. The molecule has 1 atom stereocenters. The van der Waals surface area contributed by atoms with Gasteiger partial charge in [-0.15, -0.1) is 11.3 Å². The standard InChI is InChI=1S/C23H25Cl2N3O2S/c1-15(26-23(30)28(3)17-10-12-27(2)13-11-17)20-9-5-16(21(24)22(20)25)4-6-18-7-8-19(14-29)31-18/h5,7-9,14-15,17H,10-13H2,1-3H3,(H,26,30). The second-order valence-corrected chi connectivity index (χ2v) is 9.59. The highest BCUT2D eigenvalue weighted by molar-refractivity contribution is 7.14. The van der Waals surface area contributed by atoms with Crippen molar-refractivity contribution in [3.05, 3.63) is 55.2 Å². The third-order valence-corrected chi connectivity index (χ3v) is 7.36. The number of likely N-dealkylation sites (tertiary alicyclic amines) is 1. The van der Waals surface area contributed by atoms with E-state index < -0.39 is 0 Å². The molecule has 0 radical (unpaired) electrons. The number of urea groups is 1. The first-order valence-corrected chi connectivity index (χ1v) is 11.6. The Hall–Kier alpha value is -2.04. The predicted octanol–water partition coefficient (Wildman–Crippen LogP) is 5.06. The maximum absolute atomic E-state index is 12.7. The molecule has 2 aromatic rings. The van der Waals surface area contributed by atoms with Crippen LogP contribution in [0.4, 0.5) is 4.79 Å². The molecule has 164 valence electrons. The molecular weight excluding hydrogens is 453 g/mol. The largest absolute Gasteiger partial charge is 0.331 e. The highest BCUT2D eigenvalue weighted by atomic mass is 35.5. The Morgan fingerprint density at radius 1 is 1.23 bits per heavy atom. The zero-order chi connectivity index (χ0) is 22.5. The first-order valence-electron chi connectivity index (χ1n) is 10.1. The summed E-state index contributed by atoms with van der Waals surface area (Å²) < 4.78 is 0. The van der Waals surface area contributed by atoms with Crippen molar-refractivity contribution < 1.29 is 9.59 Å². The van der Waals surface area contributed by atoms with Crippen LogP contribution in [0, 0.1) is 11.8 Å². The topological polar surface area (TPSA) is 52.7 Å². The van der Waals surface area contributed by atoms with Gasteiger partial charge in [-0.05, 0) is 63.7 Å². The second kappa shape index (κ2) is 10.5. The van der Waals surface area contributed by atoms with E-state index in [1.54, 1.807) is 23.1 Å². The summed E-state index contributed by atoms with van der Waals surface area (Å²) in [5, 5.41) is 3.75. The van der Waals surface area contributed by atoms with Crippen LogP contribution in [0.3, 0.4) is 0 Å². The van der Waals surface area contributed by atoms with E-state index in [0.717, 1.165) is 42.7 Å². The summed E-state index contributed by atoms with van der Waals surface area (Å²) in [6, 6.07) is 6.97. The van der Waals surface area contributed by atoms with E-state index in [1.807, 2.05) is 20.0 Å². The number of aldehydes is 1. The van der Waals surface area contributed by atoms with Crippen LogP contribution in [0.5, 0.6) is 0 Å². The predicted molar refractivity (Wildman–Crippen MR) is 127 cm³/mol. The van der Waals surface area contributed by atoms with Crippen molar-refractivity contribution in [2.75, 3.05) is 27.2 Å². The number of benzene rings is 1. The van der Waals surface area contributed by atoms with Gasteiger partial charge < -0.3 is 15.1 Å². The zero-order valence-corrected chi connectivity index (χ0v) is 20.1. The number of hydrogen-bond donors (Lipinski definition) is 1. The maximum atomic E-state index is 12.7. The fourth-order valence-electron chi connectivity index (χ4n) is 3.52. The molecule has 0 bridgehead atoms. The number of rotatable bonds is 4. The van der Waals surface area contributed by atoms with E-state index in [2.05, 4.69) is 29.1 Å². The molecule has 0 aliphatic carbocycles. The molecule has 5 nitrogen and oxygen atoms in total. The van der Waals surface area contributed by atoms with Crippen molar-refractivity contribution in [2.45, 2.75) is 31.8 Å². The van der Waals surface area contributed by atoms with Gasteiger partial charge in [-0.3, -0.25) is 4.79 Å². The molecule has 1 fully saturated rings. The SMILES string of the molecule is CC(NC(=O)N(C)C1CCN(C)CC1)c1ccc(C#Cc2ccc(C=O)s2)c(Cl)c1Cl. The van der Waals surface area contributed by atoms with Crippen molar-refractivity contribution in [2.24, 2.45) is 0 Å². The highest BCUT2D eigenvalue weighted by Crippen LogP contribution is 2.33. The fraction of sp³-hybridized carbons (Fsp3) is 0.391. The van der Waals surface area contributed by atoms with E-state index in [-0.39, 0.29) is 18.1 Å². The van der Waals surface area contributed by atoms with Gasteiger partial charge in [-0.2, -0.15) is 0 Å². The lowest BCUT2D eigenvalue weighted by molar-refractivity contribution is 0.112. The van der Waals surface area contributed by atoms with Crippen molar-refractivity contribution in [3.8, 4) is 11.8 Å². The molecular formula is C23H25Cl2N3O2S. The van der Waals surface area contributed by atoms with E-state index >= 15 is 0 Å². The summed E-state index contributed by atoms with van der Waals surface area (Å²) in [7, 11) is 3.94. The molecule has 2 heterocycles. The Bertz CT molecular complexity index is 1020. The van der Waals surface area contributed by atoms with E-state index in [4.69, 9.17) is 23.2 Å². The molecule has 1 N–H and O–H groups in total. The Balaban J connectivity index is 1.69. The van der Waals surface area contributed by atoms with Crippen LogP contribution >= 0.6 is 34.5 Å². The molecule has 0 spiro atoms. The van der Waals surface area contributed by atoms with Crippen LogP contribution in [-0.4, -0.2) is 55.3 Å². The summed E-state index contributed by atoms with van der Waals surface area (Å²) in [4.78, 5) is 29.0. The van der Waals surface area contributed by atoms with Gasteiger partial charge in [0, 0.05) is 18.7 Å². The first kappa shape index (κ1) is 23.6. The molecule has 1 unspecified atom stereocenters. The normalized spacial score (nSPS) is 15.6. The van der Waals surface area contributed by atoms with Gasteiger partial charge in [0.2, 0.25) is 0 Å². The average molecular weight is 478 g/mol. The number of nitrogens with zero attached hydrogens (tertiary/aromatic N) is 2. The number of amides is 2. The minimum absolute atomic E-state index is 0.123. The lowest BCUT2D eigenvalue weighted by Crippen LogP contribution is -2.48. The second-order valence-electron chi connectivity index (χ2n) is 7.72. The molecule has 1 aliphatic rings. The Morgan fingerprint density at radius 2 is 1.94 bits per heavy atom. The lowest BCUT2D eigenvalue weighted by Gasteiger charge is -2.35. The molecule has 1 aromatic heterocycles. The molecule has 3 rings (SSSR count). The van der Waals surface area contributed by atoms with Crippen LogP contribution in [0.15, 0.2) is 24.3 Å². The van der Waals surface area contributed by atoms with Gasteiger partial charge in [0.25, 0.3) is 0 Å². The third-order valence-electron chi connectivity index (χ3n) is 5.54. The molecule has 1 aliphatic heterocycles. The van der Waals surface area contributed by atoms with E-state index in [1.165, 1.54) is 11.3 Å². The number of halogens is 2. The summed E-state index contributed by atoms with van der Waals surface area (Å²) in [6.45, 7) is 3.86. The minimum atomic E-state index is -0.305. The molecule has 0 saturated carbocycles. The van der Waals surface area contributed by atoms with Crippen LogP contribution in [-0.2, 0) is 0 Å². The number of carbonyl (C=O) groups excluding carboxylic acids is 2. The van der Waals surface area contributed by atoms with Gasteiger partial charge >= 0.3 is 6.03 Å². The molecule has 2 amide bonds. The number of hydrogen-bond acceptors (Lipinski definition) is 4. The summed E-state index contributed by atoms with van der Waals surface area (Å²) in [5.74, 6) is 6.01. The van der Waals surface area contributed by atoms with Crippen molar-refractivity contribution in [1.82, 2.24) is 15.1 Å². The van der Waals surface area contributed by atoms with E-state index in [9.17, 15) is 9.59 Å². The van der Waals surface area contributed by atoms with Crippen molar-refractivity contribution in [3.63, 3.8) is 0 Å². The Labute approximate surface area is 197 Å². The first-order chi connectivity index (χ1) is 14.8. The van der Waals surface area contributed by atoms with Gasteiger partial charge in [-0.1, -0.05) is 41.1 Å². The van der Waals surface area contributed by atoms with Crippen molar-refractivity contribution >= 4 is 46.9 Å². The lowest BCUT2D eigenvalue weighted by atomic mass is 10.0. The smallest absolute Gasteiger partial charge is 0.317 e. The van der Waals surface area contributed by atoms with Crippen LogP contribution in [0.2, 0.25) is 10.0 Å². The Kier molecular flexibility index (Phi) is 8.01. The van der Waals surface area contributed by atoms with Crippen molar-refractivity contribution in [1.29, 1.82) is 0 Å². The van der Waals surface area contributed by atoms with Gasteiger partial charge in [0.15, 0.2) is 6.29 Å². The van der Waals surface area contributed by atoms with Gasteiger partial charge in [0.1, 0.15) is 0 Å².